The van der Waals surface area contributed by atoms with Gasteiger partial charge in [0.15, 0.2) is 0 Å². The van der Waals surface area contributed by atoms with Gasteiger partial charge in [-0.3, -0.25) is 0 Å². The van der Waals surface area contributed by atoms with Crippen LogP contribution in [0.15, 0.2) is 16.5 Å². The highest BCUT2D eigenvalue weighted by Crippen LogP contribution is 2.15. The molecule has 0 aromatic carbocycles. The zero-order valence-electron chi connectivity index (χ0n) is 10.3. The van der Waals surface area contributed by atoms with E-state index >= 15 is 0 Å². The molecule has 0 atom stereocenters. The minimum Gasteiger partial charge on any atom is -0.475 e. The topological polar surface area (TPSA) is 53.7 Å². The fourth-order valence-electron chi connectivity index (χ4n) is 1.48. The zero-order valence-corrected chi connectivity index (χ0v) is 11.1. The van der Waals surface area contributed by atoms with E-state index < -0.39 is 5.97 Å². The smallest absolute Gasteiger partial charge is 0.371 e. The first-order valence-corrected chi connectivity index (χ1v) is 6.95. The van der Waals surface area contributed by atoms with Gasteiger partial charge in [-0.1, -0.05) is 13.8 Å². The van der Waals surface area contributed by atoms with Crippen LogP contribution in [0.2, 0.25) is 0 Å². The molecule has 0 spiro atoms. The molecule has 1 rings (SSSR count). The summed E-state index contributed by atoms with van der Waals surface area (Å²) in [6, 6.07) is 3.23. The van der Waals surface area contributed by atoms with Crippen molar-refractivity contribution in [2.45, 2.75) is 19.6 Å². The molecule has 17 heavy (non-hydrogen) atoms. The van der Waals surface area contributed by atoms with Crippen molar-refractivity contribution in [2.24, 2.45) is 0 Å². The van der Waals surface area contributed by atoms with Crippen LogP contribution in [-0.2, 0) is 5.75 Å². The van der Waals surface area contributed by atoms with Gasteiger partial charge in [0.25, 0.3) is 0 Å². The molecule has 0 saturated heterocycles. The fourth-order valence-corrected chi connectivity index (χ4v) is 2.36. The molecule has 0 amide bonds. The largest absolute Gasteiger partial charge is 0.475 e. The average molecular weight is 257 g/mol. The summed E-state index contributed by atoms with van der Waals surface area (Å²) in [5.41, 5.74) is 0. The molecular weight excluding hydrogens is 238 g/mol. The molecule has 5 heteroatoms. The standard InChI is InChI=1S/C12H19NO3S/c1-3-13(4-2)7-8-17-9-10-5-6-11(16-10)12(14)15/h5-6H,3-4,7-9H2,1-2H3,(H,14,15). The molecule has 0 radical (unpaired) electrons. The Kier molecular flexibility index (Phi) is 6.15. The highest BCUT2D eigenvalue weighted by atomic mass is 32.2. The molecule has 0 bridgehead atoms. The average Bonchev–Trinajstić information content (AvgIpc) is 2.78. The molecule has 1 heterocycles. The second-order valence-corrected chi connectivity index (χ2v) is 4.76. The van der Waals surface area contributed by atoms with Gasteiger partial charge in [-0.15, -0.1) is 0 Å². The van der Waals surface area contributed by atoms with E-state index in [1.54, 1.807) is 17.8 Å². The summed E-state index contributed by atoms with van der Waals surface area (Å²) in [7, 11) is 0. The third-order valence-corrected chi connectivity index (χ3v) is 3.52. The van der Waals surface area contributed by atoms with E-state index in [9.17, 15) is 4.79 Å². The van der Waals surface area contributed by atoms with Gasteiger partial charge >= 0.3 is 5.97 Å². The van der Waals surface area contributed by atoms with Crippen LogP contribution in [0.3, 0.4) is 0 Å². The monoisotopic (exact) mass is 257 g/mol. The molecule has 96 valence electrons. The van der Waals surface area contributed by atoms with Crippen molar-refractivity contribution in [1.82, 2.24) is 4.90 Å². The molecular formula is C12H19NO3S. The predicted molar refractivity (Wildman–Crippen MR) is 69.6 cm³/mol. The van der Waals surface area contributed by atoms with Gasteiger partial charge in [-0.05, 0) is 25.2 Å². The molecule has 0 aliphatic rings. The number of hydrogen-bond acceptors (Lipinski definition) is 4. The molecule has 0 unspecified atom stereocenters. The number of thioether (sulfide) groups is 1. The molecule has 1 aromatic rings. The molecule has 1 N–H and O–H groups in total. The maximum absolute atomic E-state index is 10.6. The summed E-state index contributed by atoms with van der Waals surface area (Å²) in [6.45, 7) is 7.51. The van der Waals surface area contributed by atoms with E-state index in [2.05, 4.69) is 18.7 Å². The lowest BCUT2D eigenvalue weighted by Crippen LogP contribution is -2.25. The molecule has 0 saturated carbocycles. The SMILES string of the molecule is CCN(CC)CCSCc1ccc(C(=O)O)o1. The summed E-state index contributed by atoms with van der Waals surface area (Å²) in [5, 5.41) is 8.70. The number of nitrogens with zero attached hydrogens (tertiary/aromatic N) is 1. The Bertz CT molecular complexity index is 347. The summed E-state index contributed by atoms with van der Waals surface area (Å²) in [5.74, 6) is 1.50. The Morgan fingerprint density at radius 2 is 2.12 bits per heavy atom. The van der Waals surface area contributed by atoms with Gasteiger partial charge in [0, 0.05) is 12.3 Å². The lowest BCUT2D eigenvalue weighted by Gasteiger charge is -2.16. The highest BCUT2D eigenvalue weighted by molar-refractivity contribution is 7.98. The molecule has 0 fully saturated rings. The molecule has 1 aromatic heterocycles. The summed E-state index contributed by atoms with van der Waals surface area (Å²) < 4.78 is 5.17. The Balaban J connectivity index is 2.24. The Hall–Kier alpha value is -0.940. The second kappa shape index (κ2) is 7.40. The molecule has 4 nitrogen and oxygen atoms in total. The van der Waals surface area contributed by atoms with E-state index in [-0.39, 0.29) is 5.76 Å². The third kappa shape index (κ3) is 4.83. The van der Waals surface area contributed by atoms with Crippen LogP contribution >= 0.6 is 11.8 Å². The summed E-state index contributed by atoms with van der Waals surface area (Å²) in [4.78, 5) is 13.0. The number of aromatic carboxylic acids is 1. The van der Waals surface area contributed by atoms with Crippen LogP contribution in [0.4, 0.5) is 0 Å². The van der Waals surface area contributed by atoms with Crippen molar-refractivity contribution in [3.8, 4) is 0 Å². The van der Waals surface area contributed by atoms with E-state index in [0.717, 1.165) is 36.9 Å². The first kappa shape index (κ1) is 14.1. The van der Waals surface area contributed by atoms with Crippen molar-refractivity contribution in [3.05, 3.63) is 23.7 Å². The summed E-state index contributed by atoms with van der Waals surface area (Å²) in [6.07, 6.45) is 0. The van der Waals surface area contributed by atoms with E-state index in [0.29, 0.717) is 0 Å². The Labute approximate surface area is 106 Å². The van der Waals surface area contributed by atoms with E-state index in [1.807, 2.05) is 0 Å². The number of furan rings is 1. The highest BCUT2D eigenvalue weighted by Gasteiger charge is 2.08. The predicted octanol–water partition coefficient (Wildman–Crippen LogP) is 2.55. The van der Waals surface area contributed by atoms with Crippen LogP contribution < -0.4 is 0 Å². The van der Waals surface area contributed by atoms with Crippen LogP contribution in [0.1, 0.15) is 30.2 Å². The van der Waals surface area contributed by atoms with Gasteiger partial charge in [0.2, 0.25) is 5.76 Å². The van der Waals surface area contributed by atoms with Gasteiger partial charge in [-0.25, -0.2) is 4.79 Å². The zero-order chi connectivity index (χ0) is 12.7. The number of carboxylic acid groups (broad SMARTS) is 1. The van der Waals surface area contributed by atoms with Crippen molar-refractivity contribution >= 4 is 17.7 Å². The van der Waals surface area contributed by atoms with Crippen LogP contribution in [0, 0.1) is 0 Å². The van der Waals surface area contributed by atoms with Gasteiger partial charge in [0.05, 0.1) is 5.75 Å². The minimum absolute atomic E-state index is 0.0179. The van der Waals surface area contributed by atoms with Crippen LogP contribution in [0.5, 0.6) is 0 Å². The normalized spacial score (nSPS) is 11.0. The van der Waals surface area contributed by atoms with Crippen LogP contribution in [-0.4, -0.2) is 41.4 Å². The fraction of sp³-hybridized carbons (Fsp3) is 0.583. The maximum atomic E-state index is 10.6. The third-order valence-electron chi connectivity index (χ3n) is 2.56. The van der Waals surface area contributed by atoms with Crippen molar-refractivity contribution in [3.63, 3.8) is 0 Å². The number of hydrogen-bond donors (Lipinski definition) is 1. The van der Waals surface area contributed by atoms with Crippen molar-refractivity contribution in [2.75, 3.05) is 25.4 Å². The van der Waals surface area contributed by atoms with E-state index in [1.165, 1.54) is 6.07 Å². The molecule has 0 aliphatic carbocycles. The maximum Gasteiger partial charge on any atom is 0.371 e. The number of carboxylic acids is 1. The van der Waals surface area contributed by atoms with E-state index in [4.69, 9.17) is 9.52 Å². The second-order valence-electron chi connectivity index (χ2n) is 3.65. The quantitative estimate of drug-likeness (QED) is 0.725. The number of rotatable bonds is 8. The minimum atomic E-state index is -1.01. The lowest BCUT2D eigenvalue weighted by molar-refractivity contribution is 0.0661. The Morgan fingerprint density at radius 1 is 1.41 bits per heavy atom. The van der Waals surface area contributed by atoms with Crippen LogP contribution in [0.25, 0.3) is 0 Å². The first-order chi connectivity index (χ1) is 8.17. The van der Waals surface area contributed by atoms with Gasteiger partial charge in [0.1, 0.15) is 5.76 Å². The van der Waals surface area contributed by atoms with Gasteiger partial charge < -0.3 is 14.4 Å². The van der Waals surface area contributed by atoms with Crippen molar-refractivity contribution in [1.29, 1.82) is 0 Å². The van der Waals surface area contributed by atoms with Gasteiger partial charge in [-0.2, -0.15) is 11.8 Å². The Morgan fingerprint density at radius 3 is 2.65 bits per heavy atom. The first-order valence-electron chi connectivity index (χ1n) is 5.79. The molecule has 0 aliphatic heterocycles. The lowest BCUT2D eigenvalue weighted by atomic mass is 10.4. The number of carbonyl (C=O) groups is 1. The van der Waals surface area contributed by atoms with Crippen molar-refractivity contribution < 1.29 is 14.3 Å². The summed E-state index contributed by atoms with van der Waals surface area (Å²) >= 11 is 1.76.